The molecule has 0 saturated carbocycles. The lowest BCUT2D eigenvalue weighted by Gasteiger charge is -2.03. The van der Waals surface area contributed by atoms with Gasteiger partial charge < -0.3 is 5.73 Å². The summed E-state index contributed by atoms with van der Waals surface area (Å²) in [6, 6.07) is 7.05. The lowest BCUT2D eigenvalue weighted by molar-refractivity contribution is 0.877. The molecular formula is C10H7ClN4. The highest BCUT2D eigenvalue weighted by Crippen LogP contribution is 2.19. The Hall–Kier alpha value is -1.99. The third-order valence-corrected chi connectivity index (χ3v) is 2.16. The van der Waals surface area contributed by atoms with Crippen molar-refractivity contribution in [1.82, 2.24) is 9.78 Å². The lowest BCUT2D eigenvalue weighted by atomic mass is 10.2. The van der Waals surface area contributed by atoms with Crippen LogP contribution in [0.3, 0.4) is 0 Å². The van der Waals surface area contributed by atoms with Crippen molar-refractivity contribution in [2.24, 2.45) is 0 Å². The Morgan fingerprint density at radius 1 is 1.47 bits per heavy atom. The van der Waals surface area contributed by atoms with Crippen molar-refractivity contribution in [1.29, 1.82) is 5.26 Å². The fourth-order valence-electron chi connectivity index (χ4n) is 1.26. The third kappa shape index (κ3) is 1.78. The van der Waals surface area contributed by atoms with Crippen molar-refractivity contribution in [3.63, 3.8) is 0 Å². The molecule has 2 aromatic rings. The van der Waals surface area contributed by atoms with Crippen LogP contribution in [-0.4, -0.2) is 9.78 Å². The number of nitrogen functional groups attached to an aromatic ring is 1. The SMILES string of the molecule is N#Cc1ccc(Cl)cc1-n1cc(N)cn1. The molecule has 0 radical (unpaired) electrons. The number of hydrogen-bond acceptors (Lipinski definition) is 3. The fraction of sp³-hybridized carbons (Fsp3) is 0. The molecule has 1 aromatic heterocycles. The Kier molecular flexibility index (Phi) is 2.32. The van der Waals surface area contributed by atoms with Gasteiger partial charge in [-0.1, -0.05) is 11.6 Å². The van der Waals surface area contributed by atoms with E-state index in [0.29, 0.717) is 22.0 Å². The first-order chi connectivity index (χ1) is 7.20. The molecule has 0 aliphatic carbocycles. The van der Waals surface area contributed by atoms with E-state index in [9.17, 15) is 0 Å². The Bertz CT molecular complexity index is 539. The van der Waals surface area contributed by atoms with Gasteiger partial charge in [0.15, 0.2) is 0 Å². The van der Waals surface area contributed by atoms with Gasteiger partial charge >= 0.3 is 0 Å². The van der Waals surface area contributed by atoms with Crippen LogP contribution in [0.1, 0.15) is 5.56 Å². The Labute approximate surface area is 91.5 Å². The first-order valence-electron chi connectivity index (χ1n) is 4.21. The molecule has 4 nitrogen and oxygen atoms in total. The Balaban J connectivity index is 2.61. The second-order valence-corrected chi connectivity index (χ2v) is 3.43. The molecule has 2 rings (SSSR count). The summed E-state index contributed by atoms with van der Waals surface area (Å²) >= 11 is 5.85. The molecule has 0 unspecified atom stereocenters. The highest BCUT2D eigenvalue weighted by molar-refractivity contribution is 6.30. The van der Waals surface area contributed by atoms with Gasteiger partial charge in [0, 0.05) is 5.02 Å². The molecular weight excluding hydrogens is 212 g/mol. The maximum Gasteiger partial charge on any atom is 0.101 e. The van der Waals surface area contributed by atoms with Crippen LogP contribution in [0.15, 0.2) is 30.6 Å². The van der Waals surface area contributed by atoms with Crippen molar-refractivity contribution >= 4 is 17.3 Å². The average molecular weight is 219 g/mol. The summed E-state index contributed by atoms with van der Waals surface area (Å²) in [7, 11) is 0. The zero-order valence-corrected chi connectivity index (χ0v) is 8.44. The number of nitriles is 1. The molecule has 0 aliphatic heterocycles. The monoisotopic (exact) mass is 218 g/mol. The van der Waals surface area contributed by atoms with Crippen LogP contribution in [0.2, 0.25) is 5.02 Å². The van der Waals surface area contributed by atoms with Gasteiger partial charge in [0.25, 0.3) is 0 Å². The molecule has 0 fully saturated rings. The predicted octanol–water partition coefficient (Wildman–Crippen LogP) is 1.98. The van der Waals surface area contributed by atoms with Crippen LogP contribution in [-0.2, 0) is 0 Å². The number of benzene rings is 1. The standard InChI is InChI=1S/C10H7ClN4/c11-8-2-1-7(4-12)10(3-8)15-6-9(13)5-14-15/h1-3,5-6H,13H2. The minimum absolute atomic E-state index is 0.502. The van der Waals surface area contributed by atoms with Crippen molar-refractivity contribution in [2.75, 3.05) is 5.73 Å². The fourth-order valence-corrected chi connectivity index (χ4v) is 1.42. The second-order valence-electron chi connectivity index (χ2n) is 2.99. The molecule has 1 aromatic carbocycles. The number of nitrogens with two attached hydrogens (primary N) is 1. The third-order valence-electron chi connectivity index (χ3n) is 1.93. The summed E-state index contributed by atoms with van der Waals surface area (Å²) in [6.07, 6.45) is 3.15. The Morgan fingerprint density at radius 3 is 2.87 bits per heavy atom. The van der Waals surface area contributed by atoms with Gasteiger partial charge in [0.05, 0.1) is 29.3 Å². The molecule has 2 N–H and O–H groups in total. The summed E-state index contributed by atoms with van der Waals surface area (Å²) in [5, 5.41) is 13.5. The van der Waals surface area contributed by atoms with Gasteiger partial charge in [0.2, 0.25) is 0 Å². The van der Waals surface area contributed by atoms with Crippen LogP contribution in [0.4, 0.5) is 5.69 Å². The zero-order valence-electron chi connectivity index (χ0n) is 7.68. The van der Waals surface area contributed by atoms with Crippen molar-refractivity contribution in [3.8, 4) is 11.8 Å². The largest absolute Gasteiger partial charge is 0.396 e. The van der Waals surface area contributed by atoms with Gasteiger partial charge in [-0.15, -0.1) is 0 Å². The topological polar surface area (TPSA) is 67.6 Å². The number of halogens is 1. The van der Waals surface area contributed by atoms with E-state index in [4.69, 9.17) is 22.6 Å². The van der Waals surface area contributed by atoms with E-state index < -0.39 is 0 Å². The van der Waals surface area contributed by atoms with Crippen LogP contribution < -0.4 is 5.73 Å². The molecule has 0 amide bonds. The van der Waals surface area contributed by atoms with Crippen molar-refractivity contribution in [2.45, 2.75) is 0 Å². The molecule has 0 atom stereocenters. The van der Waals surface area contributed by atoms with E-state index >= 15 is 0 Å². The van der Waals surface area contributed by atoms with Crippen LogP contribution >= 0.6 is 11.6 Å². The molecule has 15 heavy (non-hydrogen) atoms. The van der Waals surface area contributed by atoms with Gasteiger partial charge in [0.1, 0.15) is 6.07 Å². The number of hydrogen-bond donors (Lipinski definition) is 1. The molecule has 5 heteroatoms. The average Bonchev–Trinajstić information content (AvgIpc) is 2.65. The molecule has 0 aliphatic rings. The van der Waals surface area contributed by atoms with Crippen LogP contribution in [0.5, 0.6) is 0 Å². The van der Waals surface area contributed by atoms with Crippen LogP contribution in [0, 0.1) is 11.3 Å². The second kappa shape index (κ2) is 3.64. The summed E-state index contributed by atoms with van der Waals surface area (Å²) in [5.74, 6) is 0. The van der Waals surface area contributed by atoms with Crippen molar-refractivity contribution in [3.05, 3.63) is 41.2 Å². The number of rotatable bonds is 1. The highest BCUT2D eigenvalue weighted by atomic mass is 35.5. The first kappa shape index (κ1) is 9.56. The first-order valence-corrected chi connectivity index (χ1v) is 4.58. The van der Waals surface area contributed by atoms with Crippen molar-refractivity contribution < 1.29 is 0 Å². The lowest BCUT2D eigenvalue weighted by Crippen LogP contribution is -1.97. The van der Waals surface area contributed by atoms with E-state index in [2.05, 4.69) is 11.2 Å². The van der Waals surface area contributed by atoms with E-state index in [1.54, 1.807) is 24.4 Å². The summed E-state index contributed by atoms with van der Waals surface area (Å²) in [4.78, 5) is 0. The van der Waals surface area contributed by atoms with E-state index in [-0.39, 0.29) is 0 Å². The normalized spacial score (nSPS) is 9.87. The predicted molar refractivity (Wildman–Crippen MR) is 57.7 cm³/mol. The number of aromatic nitrogens is 2. The van der Waals surface area contributed by atoms with E-state index in [1.165, 1.54) is 10.9 Å². The molecule has 0 saturated heterocycles. The molecule has 74 valence electrons. The quantitative estimate of drug-likeness (QED) is 0.796. The van der Waals surface area contributed by atoms with Gasteiger partial charge in [-0.3, -0.25) is 0 Å². The maximum atomic E-state index is 8.91. The maximum absolute atomic E-state index is 8.91. The Morgan fingerprint density at radius 2 is 2.27 bits per heavy atom. The molecule has 1 heterocycles. The smallest absolute Gasteiger partial charge is 0.101 e. The van der Waals surface area contributed by atoms with E-state index in [1.807, 2.05) is 0 Å². The van der Waals surface area contributed by atoms with E-state index in [0.717, 1.165) is 0 Å². The molecule has 0 bridgehead atoms. The summed E-state index contributed by atoms with van der Waals surface area (Å²) in [6.45, 7) is 0. The minimum atomic E-state index is 0.502. The number of nitrogens with zero attached hydrogens (tertiary/aromatic N) is 3. The summed E-state index contributed by atoms with van der Waals surface area (Å²) < 4.78 is 1.53. The highest BCUT2D eigenvalue weighted by Gasteiger charge is 2.06. The van der Waals surface area contributed by atoms with Gasteiger partial charge in [-0.25, -0.2) is 4.68 Å². The van der Waals surface area contributed by atoms with Crippen LogP contribution in [0.25, 0.3) is 5.69 Å². The van der Waals surface area contributed by atoms with Gasteiger partial charge in [-0.2, -0.15) is 10.4 Å². The number of anilines is 1. The summed E-state index contributed by atoms with van der Waals surface area (Å²) in [5.41, 5.74) is 7.22. The minimum Gasteiger partial charge on any atom is -0.396 e. The molecule has 0 spiro atoms. The zero-order chi connectivity index (χ0) is 10.8. The van der Waals surface area contributed by atoms with Gasteiger partial charge in [-0.05, 0) is 18.2 Å².